The van der Waals surface area contributed by atoms with Crippen molar-refractivity contribution in [2.75, 3.05) is 26.0 Å². The third-order valence-electron chi connectivity index (χ3n) is 6.54. The second-order valence-corrected chi connectivity index (χ2v) is 10.4. The zero-order valence-electron chi connectivity index (χ0n) is 17.8. The molecule has 2 aromatic rings. The number of aryl methyl sites for hydroxylation is 1. The fourth-order valence-electron chi connectivity index (χ4n) is 4.90. The molecule has 0 saturated carbocycles. The number of anilines is 1. The minimum absolute atomic E-state index is 0.0983. The average molecular weight is 446 g/mol. The summed E-state index contributed by atoms with van der Waals surface area (Å²) in [6.07, 6.45) is 7.46. The molecule has 0 radical (unpaired) electrons. The number of fused-ring (bicyclic) bond motifs is 4. The lowest BCUT2D eigenvalue weighted by Crippen LogP contribution is -2.41. The number of urea groups is 1. The maximum atomic E-state index is 12.9. The van der Waals surface area contributed by atoms with Gasteiger partial charge in [0.05, 0.1) is 18.8 Å². The first kappa shape index (κ1) is 20.3. The number of hydrogen-bond donors (Lipinski definition) is 2. The van der Waals surface area contributed by atoms with E-state index < -0.39 is 16.1 Å². The van der Waals surface area contributed by atoms with Gasteiger partial charge in [0.25, 0.3) is 10.0 Å². The fraction of sp³-hybridized carbons (Fsp3) is 0.524. The molecule has 2 amide bonds. The Morgan fingerprint density at radius 1 is 1.16 bits per heavy atom. The lowest BCUT2D eigenvalue weighted by Gasteiger charge is -2.29. The van der Waals surface area contributed by atoms with Gasteiger partial charge in [-0.25, -0.2) is 22.6 Å². The molecular formula is C21H27N5O4S. The number of benzene rings is 1. The van der Waals surface area contributed by atoms with E-state index in [4.69, 9.17) is 4.74 Å². The number of carbonyl (C=O) groups is 1. The smallest absolute Gasteiger partial charge is 0.333 e. The quantitative estimate of drug-likeness (QED) is 0.742. The van der Waals surface area contributed by atoms with Crippen molar-refractivity contribution >= 4 is 21.7 Å². The molecular weight excluding hydrogens is 418 g/mol. The number of likely N-dealkylation sites (N-methyl/N-ethyl adjacent to an activating group) is 1. The van der Waals surface area contributed by atoms with Crippen LogP contribution in [0.5, 0.6) is 5.88 Å². The average Bonchev–Trinajstić information content (AvgIpc) is 3.45. The predicted molar refractivity (Wildman–Crippen MR) is 115 cm³/mol. The maximum absolute atomic E-state index is 12.9. The zero-order chi connectivity index (χ0) is 21.8. The van der Waals surface area contributed by atoms with Crippen LogP contribution in [0.3, 0.4) is 0 Å². The Bertz CT molecular complexity index is 1160. The number of aromatic nitrogens is 2. The summed E-state index contributed by atoms with van der Waals surface area (Å²) in [5, 5.41) is 6.94. The first-order valence-corrected chi connectivity index (χ1v) is 12.2. The molecule has 0 saturated heterocycles. The van der Waals surface area contributed by atoms with Crippen LogP contribution >= 0.6 is 0 Å². The summed E-state index contributed by atoms with van der Waals surface area (Å²) in [5.41, 5.74) is 5.93. The number of amides is 2. The Balaban J connectivity index is 1.35. The second kappa shape index (κ2) is 7.52. The summed E-state index contributed by atoms with van der Waals surface area (Å²) in [4.78, 5) is 14.5. The first-order chi connectivity index (χ1) is 14.8. The van der Waals surface area contributed by atoms with Gasteiger partial charge in [-0.15, -0.1) is 0 Å². The van der Waals surface area contributed by atoms with Gasteiger partial charge in [0.2, 0.25) is 5.88 Å². The van der Waals surface area contributed by atoms with Gasteiger partial charge in [-0.3, -0.25) is 0 Å². The van der Waals surface area contributed by atoms with E-state index in [9.17, 15) is 13.2 Å². The van der Waals surface area contributed by atoms with E-state index in [1.165, 1.54) is 27.6 Å². The molecule has 2 aliphatic carbocycles. The molecule has 1 atom stereocenters. The molecule has 31 heavy (non-hydrogen) atoms. The SMILES string of the molecule is CN(C)C1COc2c(S(=O)(=O)NC(=O)Nc3cc4c(c5c3CCC5)CCC4)cnn2C1. The summed E-state index contributed by atoms with van der Waals surface area (Å²) in [7, 11) is -0.260. The highest BCUT2D eigenvalue weighted by atomic mass is 32.2. The van der Waals surface area contributed by atoms with Crippen LogP contribution < -0.4 is 14.8 Å². The first-order valence-electron chi connectivity index (χ1n) is 10.7. The number of carbonyl (C=O) groups excluding carboxylic acids is 1. The van der Waals surface area contributed by atoms with Gasteiger partial charge in [0, 0.05) is 5.69 Å². The van der Waals surface area contributed by atoms with Crippen molar-refractivity contribution < 1.29 is 17.9 Å². The van der Waals surface area contributed by atoms with E-state index in [2.05, 4.69) is 15.1 Å². The molecule has 2 N–H and O–H groups in total. The number of rotatable bonds is 4. The minimum atomic E-state index is -4.13. The third-order valence-corrected chi connectivity index (χ3v) is 7.85. The molecule has 1 aliphatic heterocycles. The summed E-state index contributed by atoms with van der Waals surface area (Å²) < 4.78 is 35.1. The summed E-state index contributed by atoms with van der Waals surface area (Å²) in [6.45, 7) is 0.875. The summed E-state index contributed by atoms with van der Waals surface area (Å²) in [5.74, 6) is 0.164. The lowest BCUT2D eigenvalue weighted by atomic mass is 9.98. The van der Waals surface area contributed by atoms with Crippen molar-refractivity contribution in [3.05, 3.63) is 34.5 Å². The molecule has 0 bridgehead atoms. The molecule has 1 unspecified atom stereocenters. The van der Waals surface area contributed by atoms with Crippen molar-refractivity contribution in [3.63, 3.8) is 0 Å². The van der Waals surface area contributed by atoms with Crippen molar-refractivity contribution in [1.82, 2.24) is 19.4 Å². The molecule has 2 heterocycles. The van der Waals surface area contributed by atoms with E-state index >= 15 is 0 Å². The van der Waals surface area contributed by atoms with Crippen molar-refractivity contribution in [3.8, 4) is 5.88 Å². The molecule has 3 aliphatic rings. The van der Waals surface area contributed by atoms with E-state index in [1.54, 1.807) is 0 Å². The minimum Gasteiger partial charge on any atom is -0.475 e. The molecule has 5 rings (SSSR count). The normalized spacial score (nSPS) is 19.5. The largest absolute Gasteiger partial charge is 0.475 e. The van der Waals surface area contributed by atoms with Crippen LogP contribution in [0.4, 0.5) is 10.5 Å². The third kappa shape index (κ3) is 3.57. The molecule has 1 aromatic heterocycles. The molecule has 9 nitrogen and oxygen atoms in total. The van der Waals surface area contributed by atoms with Crippen LogP contribution in [0.15, 0.2) is 17.2 Å². The standard InChI is InChI=1S/C21H27N5O4S/c1-25(2)14-11-26-20(30-12-14)19(10-22-26)31(28,29)24-21(27)23-18-9-13-5-3-6-15(13)16-7-4-8-17(16)18/h9-10,14H,3-8,11-12H2,1-2H3,(H2,23,24,27). The van der Waals surface area contributed by atoms with Gasteiger partial charge < -0.3 is 15.0 Å². The van der Waals surface area contributed by atoms with Crippen LogP contribution in [-0.4, -0.2) is 55.9 Å². The molecule has 0 fully saturated rings. The van der Waals surface area contributed by atoms with Gasteiger partial charge in [0.15, 0.2) is 4.90 Å². The van der Waals surface area contributed by atoms with Crippen molar-refractivity contribution in [1.29, 1.82) is 0 Å². The highest BCUT2D eigenvalue weighted by molar-refractivity contribution is 7.90. The van der Waals surface area contributed by atoms with Crippen molar-refractivity contribution in [2.24, 2.45) is 0 Å². The van der Waals surface area contributed by atoms with E-state index in [-0.39, 0.29) is 16.8 Å². The van der Waals surface area contributed by atoms with Gasteiger partial charge in [-0.1, -0.05) is 0 Å². The fourth-order valence-corrected chi connectivity index (χ4v) is 5.88. The number of ether oxygens (including phenoxy) is 1. The van der Waals surface area contributed by atoms with Crippen LogP contribution in [0.1, 0.15) is 35.1 Å². The number of nitrogens with zero attached hydrogens (tertiary/aromatic N) is 3. The van der Waals surface area contributed by atoms with Gasteiger partial charge in [0.1, 0.15) is 6.61 Å². The summed E-state index contributed by atoms with van der Waals surface area (Å²) >= 11 is 0. The Hall–Kier alpha value is -2.59. The predicted octanol–water partition coefficient (Wildman–Crippen LogP) is 1.69. The number of nitrogens with one attached hydrogen (secondary N) is 2. The Kier molecular flexibility index (Phi) is 4.93. The Morgan fingerprint density at radius 3 is 2.71 bits per heavy atom. The lowest BCUT2D eigenvalue weighted by molar-refractivity contribution is 0.117. The van der Waals surface area contributed by atoms with E-state index in [0.717, 1.165) is 49.8 Å². The Morgan fingerprint density at radius 2 is 1.90 bits per heavy atom. The van der Waals surface area contributed by atoms with Gasteiger partial charge in [-0.2, -0.15) is 5.10 Å². The van der Waals surface area contributed by atoms with Gasteiger partial charge in [-0.05, 0) is 80.9 Å². The van der Waals surface area contributed by atoms with Crippen LogP contribution in [0, 0.1) is 0 Å². The molecule has 10 heteroatoms. The summed E-state index contributed by atoms with van der Waals surface area (Å²) in [6, 6.07) is 1.35. The maximum Gasteiger partial charge on any atom is 0.333 e. The number of sulfonamides is 1. The topological polar surface area (TPSA) is 106 Å². The van der Waals surface area contributed by atoms with E-state index in [0.29, 0.717) is 13.2 Å². The highest BCUT2D eigenvalue weighted by Crippen LogP contribution is 2.38. The highest BCUT2D eigenvalue weighted by Gasteiger charge is 2.32. The van der Waals surface area contributed by atoms with Crippen molar-refractivity contribution in [2.45, 2.75) is 56.0 Å². The molecule has 0 spiro atoms. The molecule has 1 aromatic carbocycles. The van der Waals surface area contributed by atoms with Crippen LogP contribution in [0.25, 0.3) is 0 Å². The van der Waals surface area contributed by atoms with E-state index in [1.807, 2.05) is 25.1 Å². The Labute approximate surface area is 181 Å². The van der Waals surface area contributed by atoms with Crippen LogP contribution in [-0.2, 0) is 42.3 Å². The second-order valence-electron chi connectivity index (χ2n) is 8.71. The monoisotopic (exact) mass is 445 g/mol. The zero-order valence-corrected chi connectivity index (χ0v) is 18.6. The van der Waals surface area contributed by atoms with Crippen LogP contribution in [0.2, 0.25) is 0 Å². The number of hydrogen-bond acceptors (Lipinski definition) is 6. The van der Waals surface area contributed by atoms with Gasteiger partial charge >= 0.3 is 6.03 Å². The molecule has 166 valence electrons.